The lowest BCUT2D eigenvalue weighted by Crippen LogP contribution is -2.21. The third kappa shape index (κ3) is 3.73. The number of benzene rings is 1. The first-order valence-electron chi connectivity index (χ1n) is 7.79. The molecule has 0 spiro atoms. The Morgan fingerprint density at radius 2 is 1.96 bits per heavy atom. The van der Waals surface area contributed by atoms with Crippen LogP contribution >= 0.6 is 0 Å². The maximum absolute atomic E-state index is 13.0. The summed E-state index contributed by atoms with van der Waals surface area (Å²) in [5.41, 5.74) is 1.40. The summed E-state index contributed by atoms with van der Waals surface area (Å²) < 4.78 is 20.2. The molecule has 7 nitrogen and oxygen atoms in total. The summed E-state index contributed by atoms with van der Waals surface area (Å²) in [4.78, 5) is 8.53. The highest BCUT2D eigenvalue weighted by Gasteiger charge is 2.17. The van der Waals surface area contributed by atoms with Gasteiger partial charge >= 0.3 is 0 Å². The fourth-order valence-electron chi connectivity index (χ4n) is 2.28. The second kappa shape index (κ2) is 6.84. The highest BCUT2D eigenvalue weighted by atomic mass is 19.1. The Bertz CT molecular complexity index is 944. The zero-order valence-corrected chi connectivity index (χ0v) is 14.1. The van der Waals surface area contributed by atoms with Crippen molar-refractivity contribution in [2.45, 2.75) is 26.3 Å². The van der Waals surface area contributed by atoms with Gasteiger partial charge in [0.1, 0.15) is 5.82 Å². The molecule has 1 N–H and O–H groups in total. The van der Waals surface area contributed by atoms with Crippen molar-refractivity contribution in [3.05, 3.63) is 53.4 Å². The average molecular weight is 343 g/mol. The number of halogens is 1. The Balaban J connectivity index is 1.93. The SMILES string of the molecule is CC(C)/N=c1/c(O)c(-c2nnc(Cc3ccc(F)cc3)o2)ncn1C. The zero-order valence-electron chi connectivity index (χ0n) is 14.1. The number of hydrogen-bond acceptors (Lipinski definition) is 6. The molecule has 0 saturated carbocycles. The maximum Gasteiger partial charge on any atom is 0.270 e. The van der Waals surface area contributed by atoms with Gasteiger partial charge in [0, 0.05) is 13.1 Å². The van der Waals surface area contributed by atoms with E-state index in [2.05, 4.69) is 20.2 Å². The third-order valence-corrected chi connectivity index (χ3v) is 3.45. The molecular formula is C17H18FN5O2. The maximum atomic E-state index is 13.0. The van der Waals surface area contributed by atoms with E-state index >= 15 is 0 Å². The molecule has 0 atom stereocenters. The van der Waals surface area contributed by atoms with Gasteiger partial charge in [0.25, 0.3) is 5.89 Å². The molecule has 3 rings (SSSR count). The molecule has 0 bridgehead atoms. The predicted molar refractivity (Wildman–Crippen MR) is 88.1 cm³/mol. The molecule has 8 heteroatoms. The molecule has 3 aromatic rings. The predicted octanol–water partition coefficient (Wildman–Crippen LogP) is 2.21. The lowest BCUT2D eigenvalue weighted by atomic mass is 10.1. The van der Waals surface area contributed by atoms with Crippen LogP contribution in [-0.4, -0.2) is 30.9 Å². The van der Waals surface area contributed by atoms with Crippen molar-refractivity contribution in [2.24, 2.45) is 12.0 Å². The molecule has 130 valence electrons. The Labute approximate surface area is 143 Å². The summed E-state index contributed by atoms with van der Waals surface area (Å²) in [5, 5.41) is 18.4. The summed E-state index contributed by atoms with van der Waals surface area (Å²) in [5.74, 6) is 0.0344. The van der Waals surface area contributed by atoms with E-state index in [0.29, 0.717) is 17.8 Å². The van der Waals surface area contributed by atoms with Gasteiger partial charge in [0.15, 0.2) is 16.9 Å². The fourth-order valence-corrected chi connectivity index (χ4v) is 2.28. The molecule has 0 saturated heterocycles. The van der Waals surface area contributed by atoms with Crippen LogP contribution < -0.4 is 5.49 Å². The second-order valence-corrected chi connectivity index (χ2v) is 5.90. The van der Waals surface area contributed by atoms with Crippen LogP contribution in [0.15, 0.2) is 40.0 Å². The molecule has 0 radical (unpaired) electrons. The highest BCUT2D eigenvalue weighted by molar-refractivity contribution is 5.54. The standard InChI is InChI=1S/C17H18FN5O2/c1-10(2)20-16-15(24)14(19-9-23(16)3)17-22-21-13(25-17)8-11-4-6-12(18)7-5-11/h4-7,9-10,24H,8H2,1-3H3/b20-16-. The van der Waals surface area contributed by atoms with E-state index in [0.717, 1.165) is 5.56 Å². The first-order chi connectivity index (χ1) is 11.9. The summed E-state index contributed by atoms with van der Waals surface area (Å²) in [6.07, 6.45) is 1.89. The average Bonchev–Trinajstić information content (AvgIpc) is 3.01. The number of nitrogens with zero attached hydrogens (tertiary/aromatic N) is 5. The molecule has 1 aromatic carbocycles. The zero-order chi connectivity index (χ0) is 18.0. The number of hydrogen-bond donors (Lipinski definition) is 1. The van der Waals surface area contributed by atoms with Crippen molar-refractivity contribution in [1.29, 1.82) is 0 Å². The van der Waals surface area contributed by atoms with E-state index in [1.54, 1.807) is 23.7 Å². The molecule has 0 aliphatic carbocycles. The first-order valence-corrected chi connectivity index (χ1v) is 7.79. The molecule has 2 heterocycles. The van der Waals surface area contributed by atoms with Crippen LogP contribution in [0.25, 0.3) is 11.6 Å². The Morgan fingerprint density at radius 1 is 1.24 bits per heavy atom. The topological polar surface area (TPSA) is 89.3 Å². The van der Waals surface area contributed by atoms with Gasteiger partial charge in [0.2, 0.25) is 5.89 Å². The van der Waals surface area contributed by atoms with Crippen molar-refractivity contribution in [3.8, 4) is 17.3 Å². The summed E-state index contributed by atoms with van der Waals surface area (Å²) in [6, 6.07) is 6.05. The van der Waals surface area contributed by atoms with E-state index in [1.807, 2.05) is 13.8 Å². The normalized spacial score (nSPS) is 12.1. The minimum absolute atomic E-state index is 0.00377. The van der Waals surface area contributed by atoms with Crippen LogP contribution in [0.2, 0.25) is 0 Å². The quantitative estimate of drug-likeness (QED) is 0.784. The van der Waals surface area contributed by atoms with Gasteiger partial charge in [-0.15, -0.1) is 10.2 Å². The third-order valence-electron chi connectivity index (χ3n) is 3.45. The Morgan fingerprint density at radius 3 is 2.64 bits per heavy atom. The van der Waals surface area contributed by atoms with Gasteiger partial charge in [-0.3, -0.25) is 4.99 Å². The smallest absolute Gasteiger partial charge is 0.270 e. The largest absolute Gasteiger partial charge is 0.503 e. The van der Waals surface area contributed by atoms with E-state index in [4.69, 9.17) is 4.42 Å². The number of aryl methyl sites for hydroxylation is 1. The van der Waals surface area contributed by atoms with Crippen molar-refractivity contribution in [1.82, 2.24) is 19.7 Å². The van der Waals surface area contributed by atoms with Crippen LogP contribution in [0.1, 0.15) is 25.3 Å². The second-order valence-electron chi connectivity index (χ2n) is 5.90. The molecule has 0 unspecified atom stereocenters. The van der Waals surface area contributed by atoms with Gasteiger partial charge in [0.05, 0.1) is 12.7 Å². The van der Waals surface area contributed by atoms with Gasteiger partial charge in [-0.25, -0.2) is 9.37 Å². The van der Waals surface area contributed by atoms with E-state index in [9.17, 15) is 9.50 Å². The molecular weight excluding hydrogens is 325 g/mol. The number of aromatic hydroxyl groups is 1. The first kappa shape index (κ1) is 16.8. The number of rotatable bonds is 4. The summed E-state index contributed by atoms with van der Waals surface area (Å²) in [6.45, 7) is 3.82. The van der Waals surface area contributed by atoms with Gasteiger partial charge < -0.3 is 14.1 Å². The molecule has 0 amide bonds. The molecule has 25 heavy (non-hydrogen) atoms. The molecule has 0 aliphatic heterocycles. The lowest BCUT2D eigenvalue weighted by Gasteiger charge is -2.06. The van der Waals surface area contributed by atoms with Crippen LogP contribution in [0.4, 0.5) is 4.39 Å². The van der Waals surface area contributed by atoms with E-state index in [-0.39, 0.29) is 29.2 Å². The van der Waals surface area contributed by atoms with Crippen molar-refractivity contribution < 1.29 is 13.9 Å². The van der Waals surface area contributed by atoms with Gasteiger partial charge in [-0.1, -0.05) is 12.1 Å². The number of aromatic nitrogens is 4. The highest BCUT2D eigenvalue weighted by Crippen LogP contribution is 2.22. The monoisotopic (exact) mass is 343 g/mol. The Kier molecular flexibility index (Phi) is 4.60. The van der Waals surface area contributed by atoms with Crippen molar-refractivity contribution in [3.63, 3.8) is 0 Å². The van der Waals surface area contributed by atoms with E-state index < -0.39 is 0 Å². The van der Waals surface area contributed by atoms with Crippen LogP contribution in [-0.2, 0) is 13.5 Å². The van der Waals surface area contributed by atoms with Crippen molar-refractivity contribution in [2.75, 3.05) is 0 Å². The van der Waals surface area contributed by atoms with Gasteiger partial charge in [-0.2, -0.15) is 0 Å². The van der Waals surface area contributed by atoms with Gasteiger partial charge in [-0.05, 0) is 31.5 Å². The molecule has 0 aliphatic rings. The lowest BCUT2D eigenvalue weighted by molar-refractivity contribution is 0.446. The Hall–Kier alpha value is -3.03. The van der Waals surface area contributed by atoms with Crippen LogP contribution in [0.3, 0.4) is 0 Å². The van der Waals surface area contributed by atoms with Crippen LogP contribution in [0.5, 0.6) is 5.75 Å². The van der Waals surface area contributed by atoms with E-state index in [1.165, 1.54) is 18.5 Å². The molecule has 2 aromatic heterocycles. The molecule has 0 fully saturated rings. The fraction of sp³-hybridized carbons (Fsp3) is 0.294. The van der Waals surface area contributed by atoms with Crippen LogP contribution in [0, 0.1) is 5.82 Å². The minimum Gasteiger partial charge on any atom is -0.503 e. The summed E-state index contributed by atoms with van der Waals surface area (Å²) in [7, 11) is 1.74. The minimum atomic E-state index is -0.303. The summed E-state index contributed by atoms with van der Waals surface area (Å²) >= 11 is 0. The van der Waals surface area contributed by atoms with Crippen molar-refractivity contribution >= 4 is 0 Å².